The number of halogens is 1. The van der Waals surface area contributed by atoms with Crippen LogP contribution in [0.3, 0.4) is 0 Å². The summed E-state index contributed by atoms with van der Waals surface area (Å²) in [5.74, 6) is -0.0397. The molecule has 1 aromatic carbocycles. The Labute approximate surface area is 138 Å². The predicted octanol–water partition coefficient (Wildman–Crippen LogP) is 3.99. The zero-order valence-electron chi connectivity index (χ0n) is 12.6. The quantitative estimate of drug-likeness (QED) is 0.653. The number of carbonyl (C=O) groups excluding carboxylic acids is 1. The monoisotopic (exact) mass is 356 g/mol. The van der Waals surface area contributed by atoms with Crippen LogP contribution in [0.1, 0.15) is 35.3 Å². The van der Waals surface area contributed by atoms with Gasteiger partial charge in [-0.2, -0.15) is 0 Å². The number of nitrogens with zero attached hydrogens (tertiary/aromatic N) is 1. The second kappa shape index (κ2) is 5.69. The summed E-state index contributed by atoms with van der Waals surface area (Å²) in [4.78, 5) is 16.4. The van der Waals surface area contributed by atoms with E-state index in [1.165, 1.54) is 5.56 Å². The van der Waals surface area contributed by atoms with Crippen molar-refractivity contribution in [1.29, 1.82) is 0 Å². The highest BCUT2D eigenvalue weighted by molar-refractivity contribution is 9.10. The first-order valence-corrected chi connectivity index (χ1v) is 7.97. The van der Waals surface area contributed by atoms with Crippen LogP contribution in [0.25, 0.3) is 5.70 Å². The Morgan fingerprint density at radius 3 is 2.91 bits per heavy atom. The van der Waals surface area contributed by atoms with Crippen molar-refractivity contribution in [3.05, 3.63) is 70.0 Å². The molecule has 3 nitrogen and oxygen atoms in total. The number of aromatic nitrogens is 1. The number of ketones is 1. The van der Waals surface area contributed by atoms with Gasteiger partial charge in [0, 0.05) is 45.3 Å². The molecular formula is C18H17BrN2O. The third-order valence-electron chi connectivity index (χ3n) is 3.68. The molecule has 0 fully saturated rings. The van der Waals surface area contributed by atoms with Crippen LogP contribution in [-0.2, 0) is 6.42 Å². The molecule has 0 bridgehead atoms. The zero-order valence-corrected chi connectivity index (χ0v) is 14.1. The highest BCUT2D eigenvalue weighted by atomic mass is 79.9. The number of rotatable bonds is 2. The standard InChI is InChI=1S/C18H17BrN2O/c1-18(2)10-13-8-14(19)5-6-15(13)16(21-18)9-17(22)12-4-3-7-20-11-12/h3-9,11,21H,10H2,1-2H3. The Bertz CT molecular complexity index is 751. The molecule has 0 atom stereocenters. The van der Waals surface area contributed by atoms with E-state index in [0.29, 0.717) is 5.56 Å². The van der Waals surface area contributed by atoms with Gasteiger partial charge in [-0.05, 0) is 50.1 Å². The Hall–Kier alpha value is -1.94. The molecule has 1 aliphatic heterocycles. The van der Waals surface area contributed by atoms with Gasteiger partial charge in [0.2, 0.25) is 0 Å². The lowest BCUT2D eigenvalue weighted by Crippen LogP contribution is -2.43. The van der Waals surface area contributed by atoms with E-state index in [0.717, 1.165) is 22.2 Å². The normalized spacial score (nSPS) is 17.7. The van der Waals surface area contributed by atoms with Crippen molar-refractivity contribution < 1.29 is 4.79 Å². The Balaban J connectivity index is 2.03. The van der Waals surface area contributed by atoms with Gasteiger partial charge < -0.3 is 5.32 Å². The van der Waals surface area contributed by atoms with Gasteiger partial charge in [0.15, 0.2) is 5.78 Å². The number of hydrogen-bond acceptors (Lipinski definition) is 3. The largest absolute Gasteiger partial charge is 0.379 e. The van der Waals surface area contributed by atoms with Crippen molar-refractivity contribution in [1.82, 2.24) is 10.3 Å². The Morgan fingerprint density at radius 1 is 1.36 bits per heavy atom. The van der Waals surface area contributed by atoms with Crippen molar-refractivity contribution in [3.63, 3.8) is 0 Å². The number of nitrogens with one attached hydrogen (secondary N) is 1. The van der Waals surface area contributed by atoms with E-state index in [1.54, 1.807) is 30.6 Å². The third kappa shape index (κ3) is 3.12. The third-order valence-corrected chi connectivity index (χ3v) is 4.18. The summed E-state index contributed by atoms with van der Waals surface area (Å²) in [5.41, 5.74) is 3.70. The van der Waals surface area contributed by atoms with Crippen LogP contribution in [0, 0.1) is 0 Å². The van der Waals surface area contributed by atoms with E-state index in [4.69, 9.17) is 0 Å². The van der Waals surface area contributed by atoms with Crippen molar-refractivity contribution in [3.8, 4) is 0 Å². The minimum atomic E-state index is -0.0884. The van der Waals surface area contributed by atoms with Gasteiger partial charge in [-0.3, -0.25) is 9.78 Å². The fraction of sp³-hybridized carbons (Fsp3) is 0.222. The summed E-state index contributed by atoms with van der Waals surface area (Å²) >= 11 is 3.52. The number of hydrogen-bond donors (Lipinski definition) is 1. The first-order chi connectivity index (χ1) is 10.4. The second-order valence-corrected chi connectivity index (χ2v) is 7.07. The van der Waals surface area contributed by atoms with Gasteiger partial charge in [0.1, 0.15) is 0 Å². The van der Waals surface area contributed by atoms with E-state index in [9.17, 15) is 4.79 Å². The molecule has 112 valence electrons. The molecule has 4 heteroatoms. The number of fused-ring (bicyclic) bond motifs is 1. The first kappa shape index (κ1) is 15.0. The van der Waals surface area contributed by atoms with E-state index in [-0.39, 0.29) is 11.3 Å². The van der Waals surface area contributed by atoms with Gasteiger partial charge in [-0.25, -0.2) is 0 Å². The minimum absolute atomic E-state index is 0.0397. The molecule has 2 aromatic rings. The van der Waals surface area contributed by atoms with Crippen LogP contribution in [0.15, 0.2) is 53.3 Å². The summed E-state index contributed by atoms with van der Waals surface area (Å²) < 4.78 is 1.06. The van der Waals surface area contributed by atoms with Crippen molar-refractivity contribution in [2.45, 2.75) is 25.8 Å². The topological polar surface area (TPSA) is 42.0 Å². The summed E-state index contributed by atoms with van der Waals surface area (Å²) in [6.45, 7) is 4.28. The number of benzene rings is 1. The van der Waals surface area contributed by atoms with Gasteiger partial charge in [0.25, 0.3) is 0 Å². The van der Waals surface area contributed by atoms with Crippen LogP contribution in [0.2, 0.25) is 0 Å². The summed E-state index contributed by atoms with van der Waals surface area (Å²) in [5, 5.41) is 3.47. The minimum Gasteiger partial charge on any atom is -0.379 e. The molecule has 0 amide bonds. The van der Waals surface area contributed by atoms with E-state index in [2.05, 4.69) is 46.1 Å². The highest BCUT2D eigenvalue weighted by Crippen LogP contribution is 2.31. The Kier molecular flexibility index (Phi) is 3.87. The van der Waals surface area contributed by atoms with Gasteiger partial charge >= 0.3 is 0 Å². The molecule has 22 heavy (non-hydrogen) atoms. The average Bonchev–Trinajstić information content (AvgIpc) is 2.46. The molecule has 0 unspecified atom stereocenters. The lowest BCUT2D eigenvalue weighted by Gasteiger charge is -2.35. The predicted molar refractivity (Wildman–Crippen MR) is 91.6 cm³/mol. The molecule has 0 spiro atoms. The zero-order chi connectivity index (χ0) is 15.7. The smallest absolute Gasteiger partial charge is 0.189 e. The Morgan fingerprint density at radius 2 is 2.18 bits per heavy atom. The fourth-order valence-electron chi connectivity index (χ4n) is 2.76. The van der Waals surface area contributed by atoms with Crippen LogP contribution < -0.4 is 5.32 Å². The summed E-state index contributed by atoms with van der Waals surface area (Å²) in [6, 6.07) is 9.73. The van der Waals surface area contributed by atoms with E-state index in [1.807, 2.05) is 12.1 Å². The molecule has 1 aliphatic rings. The van der Waals surface area contributed by atoms with Gasteiger partial charge in [-0.1, -0.05) is 22.0 Å². The van der Waals surface area contributed by atoms with Crippen LogP contribution in [-0.4, -0.2) is 16.3 Å². The second-order valence-electron chi connectivity index (χ2n) is 6.15. The molecule has 0 radical (unpaired) electrons. The van der Waals surface area contributed by atoms with Crippen LogP contribution in [0.4, 0.5) is 0 Å². The molecule has 1 N–H and O–H groups in total. The van der Waals surface area contributed by atoms with Crippen molar-refractivity contribution in [2.75, 3.05) is 0 Å². The first-order valence-electron chi connectivity index (χ1n) is 7.18. The van der Waals surface area contributed by atoms with Gasteiger partial charge in [-0.15, -0.1) is 0 Å². The summed E-state index contributed by atoms with van der Waals surface area (Å²) in [7, 11) is 0. The molecule has 0 saturated carbocycles. The number of allylic oxidation sites excluding steroid dienone is 1. The maximum Gasteiger partial charge on any atom is 0.189 e. The number of carbonyl (C=O) groups is 1. The van der Waals surface area contributed by atoms with Crippen molar-refractivity contribution in [2.24, 2.45) is 0 Å². The van der Waals surface area contributed by atoms with E-state index < -0.39 is 0 Å². The molecule has 2 heterocycles. The maximum atomic E-state index is 12.4. The SMILES string of the molecule is CC1(C)Cc2cc(Br)ccc2C(=CC(=O)c2cccnc2)N1. The lowest BCUT2D eigenvalue weighted by atomic mass is 9.85. The van der Waals surface area contributed by atoms with Crippen LogP contribution in [0.5, 0.6) is 0 Å². The molecule has 0 saturated heterocycles. The van der Waals surface area contributed by atoms with Crippen molar-refractivity contribution >= 4 is 27.4 Å². The van der Waals surface area contributed by atoms with Gasteiger partial charge in [0.05, 0.1) is 0 Å². The van der Waals surface area contributed by atoms with E-state index >= 15 is 0 Å². The molecule has 0 aliphatic carbocycles. The number of pyridine rings is 1. The van der Waals surface area contributed by atoms with Crippen LogP contribution >= 0.6 is 15.9 Å². The lowest BCUT2D eigenvalue weighted by molar-refractivity contribution is 0.104. The maximum absolute atomic E-state index is 12.4. The molecular weight excluding hydrogens is 340 g/mol. The summed E-state index contributed by atoms with van der Waals surface area (Å²) in [6.07, 6.45) is 5.85. The highest BCUT2D eigenvalue weighted by Gasteiger charge is 2.28. The fourth-order valence-corrected chi connectivity index (χ4v) is 3.17. The average molecular weight is 357 g/mol. The molecule has 3 rings (SSSR count). The molecule has 1 aromatic heterocycles.